The molecule has 1 unspecified atom stereocenters. The van der Waals surface area contributed by atoms with Crippen molar-refractivity contribution in [2.75, 3.05) is 0 Å². The van der Waals surface area contributed by atoms with E-state index in [1.54, 1.807) is 0 Å². The highest BCUT2D eigenvalue weighted by atomic mass is 32.2. The summed E-state index contributed by atoms with van der Waals surface area (Å²) in [7, 11) is -3.35. The molecule has 0 heterocycles. The Bertz CT molecular complexity index is 655. The van der Waals surface area contributed by atoms with E-state index in [4.69, 9.17) is 0 Å². The van der Waals surface area contributed by atoms with Crippen molar-refractivity contribution in [3.63, 3.8) is 0 Å². The number of ketones is 1. The van der Waals surface area contributed by atoms with Gasteiger partial charge in [0.25, 0.3) is 0 Å². The summed E-state index contributed by atoms with van der Waals surface area (Å²) < 4.78 is 24.3. The van der Waals surface area contributed by atoms with Gasteiger partial charge in [-0.2, -0.15) is 0 Å². The molecule has 3 aliphatic rings. The maximum absolute atomic E-state index is 12.7. The molecule has 0 saturated heterocycles. The Labute approximate surface area is 126 Å². The van der Waals surface area contributed by atoms with E-state index in [1.165, 1.54) is 0 Å². The summed E-state index contributed by atoms with van der Waals surface area (Å²) in [6.07, 6.45) is 3.25. The number of rotatable bonds is 6. The van der Waals surface area contributed by atoms with Crippen molar-refractivity contribution in [2.45, 2.75) is 37.4 Å². The van der Waals surface area contributed by atoms with Crippen LogP contribution >= 0.6 is 0 Å². The van der Waals surface area contributed by atoms with Crippen molar-refractivity contribution >= 4 is 15.6 Å². The quantitative estimate of drug-likeness (QED) is 0.812. The van der Waals surface area contributed by atoms with Crippen molar-refractivity contribution in [1.29, 1.82) is 0 Å². The fourth-order valence-electron chi connectivity index (χ4n) is 4.05. The molecule has 1 aromatic rings. The van der Waals surface area contributed by atoms with Crippen LogP contribution in [-0.4, -0.2) is 19.5 Å². The lowest BCUT2D eigenvalue weighted by Crippen LogP contribution is -2.45. The van der Waals surface area contributed by atoms with E-state index < -0.39 is 20.5 Å². The molecule has 0 amide bonds. The highest BCUT2D eigenvalue weighted by Crippen LogP contribution is 2.62. The van der Waals surface area contributed by atoms with Crippen LogP contribution in [0.2, 0.25) is 0 Å². The summed E-state index contributed by atoms with van der Waals surface area (Å²) >= 11 is 0. The van der Waals surface area contributed by atoms with Gasteiger partial charge in [-0.3, -0.25) is 4.79 Å². The highest BCUT2D eigenvalue weighted by molar-refractivity contribution is 7.94. The van der Waals surface area contributed by atoms with Crippen molar-refractivity contribution < 1.29 is 13.2 Å². The zero-order chi connectivity index (χ0) is 15.1. The molecule has 1 aromatic carbocycles. The lowest BCUT2D eigenvalue weighted by Gasteiger charge is -2.39. The van der Waals surface area contributed by atoms with Gasteiger partial charge in [-0.05, 0) is 37.2 Å². The molecule has 4 rings (SSSR count). The van der Waals surface area contributed by atoms with Crippen LogP contribution in [-0.2, 0) is 21.1 Å². The van der Waals surface area contributed by atoms with E-state index in [-0.39, 0.29) is 5.78 Å². The summed E-state index contributed by atoms with van der Waals surface area (Å²) in [5, 5.41) is 0.501. The Kier molecular flexibility index (Phi) is 3.52. The number of Topliss-reactive ketones (excluding diaryl/α,β-unsaturated/α-hetero) is 1. The zero-order valence-corrected chi connectivity index (χ0v) is 12.8. The summed E-state index contributed by atoms with van der Waals surface area (Å²) in [5.41, 5.74) is 0.506. The third-order valence-corrected chi connectivity index (χ3v) is 7.04. The SMILES string of the molecule is C=CS(=O)(=O)C1CC2CC1(C(=O)CCc1ccccc1)C2. The Morgan fingerprint density at radius 3 is 2.57 bits per heavy atom. The minimum Gasteiger partial charge on any atom is -0.299 e. The van der Waals surface area contributed by atoms with E-state index in [2.05, 4.69) is 6.58 Å². The van der Waals surface area contributed by atoms with Crippen LogP contribution in [0.15, 0.2) is 42.3 Å². The maximum atomic E-state index is 12.7. The number of fused-ring (bicyclic) bond motifs is 1. The smallest absolute Gasteiger partial charge is 0.174 e. The largest absolute Gasteiger partial charge is 0.299 e. The summed E-state index contributed by atoms with van der Waals surface area (Å²) in [6.45, 7) is 3.41. The topological polar surface area (TPSA) is 51.2 Å². The van der Waals surface area contributed by atoms with E-state index in [1.807, 2.05) is 30.3 Å². The first kappa shape index (κ1) is 14.5. The molecule has 21 heavy (non-hydrogen) atoms. The monoisotopic (exact) mass is 304 g/mol. The van der Waals surface area contributed by atoms with Crippen LogP contribution in [0.25, 0.3) is 0 Å². The van der Waals surface area contributed by atoms with E-state index in [0.717, 1.165) is 23.8 Å². The Morgan fingerprint density at radius 1 is 1.29 bits per heavy atom. The molecular weight excluding hydrogens is 284 g/mol. The first-order valence-corrected chi connectivity index (χ1v) is 9.02. The van der Waals surface area contributed by atoms with Crippen molar-refractivity contribution in [2.24, 2.45) is 11.3 Å². The average molecular weight is 304 g/mol. The van der Waals surface area contributed by atoms with Gasteiger partial charge < -0.3 is 0 Å². The molecule has 2 bridgehead atoms. The van der Waals surface area contributed by atoms with Gasteiger partial charge in [0, 0.05) is 17.2 Å². The van der Waals surface area contributed by atoms with Crippen molar-refractivity contribution in [3.8, 4) is 0 Å². The van der Waals surface area contributed by atoms with E-state index in [0.29, 0.717) is 25.2 Å². The molecule has 3 nitrogen and oxygen atoms in total. The van der Waals surface area contributed by atoms with Crippen LogP contribution in [0.3, 0.4) is 0 Å². The van der Waals surface area contributed by atoms with E-state index >= 15 is 0 Å². The van der Waals surface area contributed by atoms with Gasteiger partial charge in [-0.1, -0.05) is 36.9 Å². The number of sulfone groups is 1. The molecule has 3 fully saturated rings. The van der Waals surface area contributed by atoms with E-state index in [9.17, 15) is 13.2 Å². The highest BCUT2D eigenvalue weighted by Gasteiger charge is 2.64. The Balaban J connectivity index is 1.74. The number of carbonyl (C=O) groups excluding carboxylic acids is 1. The van der Waals surface area contributed by atoms with Gasteiger partial charge >= 0.3 is 0 Å². The maximum Gasteiger partial charge on any atom is 0.174 e. The molecule has 3 aliphatic carbocycles. The molecule has 0 aliphatic heterocycles. The van der Waals surface area contributed by atoms with Crippen LogP contribution in [0, 0.1) is 11.3 Å². The lowest BCUT2D eigenvalue weighted by molar-refractivity contribution is -0.132. The molecule has 4 heteroatoms. The first-order valence-electron chi connectivity index (χ1n) is 7.41. The lowest BCUT2D eigenvalue weighted by atomic mass is 9.66. The number of carbonyl (C=O) groups is 1. The molecule has 1 atom stereocenters. The second kappa shape index (κ2) is 5.09. The second-order valence-electron chi connectivity index (χ2n) is 6.32. The van der Waals surface area contributed by atoms with Gasteiger partial charge in [-0.25, -0.2) is 8.42 Å². The molecule has 112 valence electrons. The third kappa shape index (κ3) is 2.35. The fraction of sp³-hybridized carbons (Fsp3) is 0.471. The third-order valence-electron chi connectivity index (χ3n) is 5.14. The average Bonchev–Trinajstić information content (AvgIpc) is 3.03. The van der Waals surface area contributed by atoms with Crippen LogP contribution in [0.4, 0.5) is 0 Å². The van der Waals surface area contributed by atoms with Gasteiger partial charge in [0.2, 0.25) is 0 Å². The van der Waals surface area contributed by atoms with Gasteiger partial charge in [0.15, 0.2) is 9.84 Å². The van der Waals surface area contributed by atoms with Crippen LogP contribution < -0.4 is 0 Å². The van der Waals surface area contributed by atoms with Gasteiger partial charge in [0.1, 0.15) is 5.78 Å². The molecule has 3 saturated carbocycles. The zero-order valence-electron chi connectivity index (χ0n) is 12.0. The molecule has 0 N–H and O–H groups in total. The number of aryl methyl sites for hydroxylation is 1. The van der Waals surface area contributed by atoms with Gasteiger partial charge in [0.05, 0.1) is 5.25 Å². The van der Waals surface area contributed by atoms with Gasteiger partial charge in [-0.15, -0.1) is 0 Å². The molecular formula is C17H20O3S. The predicted molar refractivity (Wildman–Crippen MR) is 82.4 cm³/mol. The summed E-state index contributed by atoms with van der Waals surface area (Å²) in [6, 6.07) is 9.86. The molecule has 0 radical (unpaired) electrons. The number of benzene rings is 1. The molecule has 0 aromatic heterocycles. The number of hydrogen-bond acceptors (Lipinski definition) is 3. The summed E-state index contributed by atoms with van der Waals surface area (Å²) in [4.78, 5) is 12.7. The summed E-state index contributed by atoms with van der Waals surface area (Å²) in [5.74, 6) is 0.529. The fourth-order valence-corrected chi connectivity index (χ4v) is 5.78. The minimum atomic E-state index is -3.35. The molecule has 0 spiro atoms. The van der Waals surface area contributed by atoms with Crippen molar-refractivity contribution in [1.82, 2.24) is 0 Å². The number of hydrogen-bond donors (Lipinski definition) is 0. The first-order chi connectivity index (χ1) is 9.98. The standard InChI is InChI=1S/C17H20O3S/c1-2-21(19,20)16-10-14-11-17(16,12-14)15(18)9-8-13-6-4-3-5-7-13/h2-7,14,16H,1,8-12H2. The normalized spacial score (nSPS) is 30.7. The van der Waals surface area contributed by atoms with Crippen LogP contribution in [0.5, 0.6) is 0 Å². The minimum absolute atomic E-state index is 0.121. The Hall–Kier alpha value is -1.42. The van der Waals surface area contributed by atoms with Crippen LogP contribution in [0.1, 0.15) is 31.2 Å². The second-order valence-corrected chi connectivity index (χ2v) is 8.40. The Morgan fingerprint density at radius 2 is 1.95 bits per heavy atom. The van der Waals surface area contributed by atoms with Crippen molar-refractivity contribution in [3.05, 3.63) is 47.9 Å². The predicted octanol–water partition coefficient (Wildman–Crippen LogP) is 2.92.